The summed E-state index contributed by atoms with van der Waals surface area (Å²) in [5.74, 6) is -0.204. The van der Waals surface area contributed by atoms with E-state index in [0.29, 0.717) is 6.61 Å². The molecule has 4 nitrogen and oxygen atoms in total. The van der Waals surface area contributed by atoms with Gasteiger partial charge in [-0.25, -0.2) is 4.79 Å². The lowest BCUT2D eigenvalue weighted by molar-refractivity contribution is -0.144. The Bertz CT molecular complexity index is 436. The first-order valence-electron chi connectivity index (χ1n) is 7.68. The number of carbonyl (C=O) groups is 1. The van der Waals surface area contributed by atoms with E-state index in [2.05, 4.69) is 37.4 Å². The molecule has 1 atom stereocenters. The molecule has 0 spiro atoms. The number of anilines is 1. The first-order valence-corrected chi connectivity index (χ1v) is 7.68. The minimum absolute atomic E-state index is 0.204. The predicted molar refractivity (Wildman–Crippen MR) is 87.8 cm³/mol. The summed E-state index contributed by atoms with van der Waals surface area (Å²) in [6.45, 7) is 7.27. The number of ether oxygens (including phenoxy) is 1. The quantitative estimate of drug-likeness (QED) is 0.748. The number of aryl methyl sites for hydroxylation is 2. The zero-order valence-electron chi connectivity index (χ0n) is 13.9. The Labute approximate surface area is 128 Å². The smallest absolute Gasteiger partial charge is 0.328 e. The number of benzene rings is 1. The van der Waals surface area contributed by atoms with Gasteiger partial charge < -0.3 is 15.0 Å². The van der Waals surface area contributed by atoms with Gasteiger partial charge in [0, 0.05) is 12.2 Å². The van der Waals surface area contributed by atoms with Crippen LogP contribution in [-0.2, 0) is 22.4 Å². The Kier molecular flexibility index (Phi) is 7.23. The van der Waals surface area contributed by atoms with Crippen molar-refractivity contribution in [3.05, 3.63) is 29.3 Å². The van der Waals surface area contributed by atoms with Gasteiger partial charge in [0.25, 0.3) is 0 Å². The molecule has 1 N–H and O–H groups in total. The van der Waals surface area contributed by atoms with Crippen LogP contribution in [0.1, 0.15) is 31.9 Å². The van der Waals surface area contributed by atoms with Crippen LogP contribution in [0, 0.1) is 0 Å². The zero-order chi connectivity index (χ0) is 15.8. The summed E-state index contributed by atoms with van der Waals surface area (Å²) in [6, 6.07) is 5.94. The lowest BCUT2D eigenvalue weighted by atomic mass is 10.0. The number of esters is 1. The molecule has 0 fully saturated rings. The summed E-state index contributed by atoms with van der Waals surface area (Å²) in [5, 5.41) is 3.33. The maximum atomic E-state index is 12.0. The van der Waals surface area contributed by atoms with E-state index in [-0.39, 0.29) is 12.0 Å². The van der Waals surface area contributed by atoms with Crippen LogP contribution < -0.4 is 5.32 Å². The third-order valence-electron chi connectivity index (χ3n) is 3.50. The fraction of sp³-hybridized carbons (Fsp3) is 0.588. The SMILES string of the molecule is CCc1cccc(CC)c1N[C@@H](C)C(=O)OCCN(C)C. The summed E-state index contributed by atoms with van der Waals surface area (Å²) in [5.41, 5.74) is 3.56. The molecule has 118 valence electrons. The van der Waals surface area contributed by atoms with Gasteiger partial charge in [0.05, 0.1) is 0 Å². The highest BCUT2D eigenvalue weighted by atomic mass is 16.5. The Morgan fingerprint density at radius 2 is 1.81 bits per heavy atom. The molecular weight excluding hydrogens is 264 g/mol. The Morgan fingerprint density at radius 3 is 2.29 bits per heavy atom. The molecule has 0 unspecified atom stereocenters. The highest BCUT2D eigenvalue weighted by Gasteiger charge is 2.17. The summed E-state index contributed by atoms with van der Waals surface area (Å²) in [7, 11) is 3.92. The van der Waals surface area contributed by atoms with E-state index in [0.717, 1.165) is 25.1 Å². The molecule has 1 aromatic rings. The van der Waals surface area contributed by atoms with Crippen LogP contribution in [0.5, 0.6) is 0 Å². The topological polar surface area (TPSA) is 41.6 Å². The highest BCUT2D eigenvalue weighted by Crippen LogP contribution is 2.23. The number of hydrogen-bond acceptors (Lipinski definition) is 4. The van der Waals surface area contributed by atoms with Crippen molar-refractivity contribution in [3.63, 3.8) is 0 Å². The Hall–Kier alpha value is -1.55. The molecule has 0 saturated heterocycles. The second kappa shape index (κ2) is 8.67. The van der Waals surface area contributed by atoms with Gasteiger partial charge >= 0.3 is 5.97 Å². The molecule has 4 heteroatoms. The van der Waals surface area contributed by atoms with Gasteiger partial charge in [0.2, 0.25) is 0 Å². The molecular formula is C17H28N2O2. The van der Waals surface area contributed by atoms with Crippen LogP contribution in [-0.4, -0.2) is 44.2 Å². The molecule has 0 amide bonds. The second-order valence-electron chi connectivity index (χ2n) is 5.50. The normalized spacial score (nSPS) is 12.3. The number of carbonyl (C=O) groups excluding carboxylic acids is 1. The van der Waals surface area contributed by atoms with Crippen molar-refractivity contribution in [1.82, 2.24) is 4.90 Å². The van der Waals surface area contributed by atoms with Crippen LogP contribution >= 0.6 is 0 Å². The number of likely N-dealkylation sites (N-methyl/N-ethyl adjacent to an activating group) is 1. The monoisotopic (exact) mass is 292 g/mol. The van der Waals surface area contributed by atoms with Crippen molar-refractivity contribution in [2.24, 2.45) is 0 Å². The van der Waals surface area contributed by atoms with E-state index in [1.165, 1.54) is 11.1 Å². The molecule has 0 radical (unpaired) electrons. The van der Waals surface area contributed by atoms with E-state index >= 15 is 0 Å². The van der Waals surface area contributed by atoms with Crippen LogP contribution in [0.3, 0.4) is 0 Å². The van der Waals surface area contributed by atoms with Crippen LogP contribution in [0.4, 0.5) is 5.69 Å². The van der Waals surface area contributed by atoms with Crippen molar-refractivity contribution < 1.29 is 9.53 Å². The van der Waals surface area contributed by atoms with Crippen molar-refractivity contribution >= 4 is 11.7 Å². The van der Waals surface area contributed by atoms with Crippen LogP contribution in [0.25, 0.3) is 0 Å². The molecule has 21 heavy (non-hydrogen) atoms. The van der Waals surface area contributed by atoms with Crippen LogP contribution in [0.2, 0.25) is 0 Å². The van der Waals surface area contributed by atoms with Gasteiger partial charge in [-0.1, -0.05) is 32.0 Å². The highest BCUT2D eigenvalue weighted by molar-refractivity contribution is 5.79. The first kappa shape index (κ1) is 17.5. The number of para-hydroxylation sites is 1. The summed E-state index contributed by atoms with van der Waals surface area (Å²) in [4.78, 5) is 14.0. The fourth-order valence-electron chi connectivity index (χ4n) is 2.16. The molecule has 1 rings (SSSR count). The number of rotatable bonds is 8. The standard InChI is InChI=1S/C17H28N2O2/c1-6-14-9-8-10-15(7-2)16(14)18-13(3)17(20)21-12-11-19(4)5/h8-10,13,18H,6-7,11-12H2,1-5H3/t13-/m0/s1. The molecule has 0 aliphatic heterocycles. The first-order chi connectivity index (χ1) is 9.99. The Balaban J connectivity index is 2.69. The van der Waals surface area contributed by atoms with Gasteiger partial charge in [-0.15, -0.1) is 0 Å². The maximum absolute atomic E-state index is 12.0. The summed E-state index contributed by atoms with van der Waals surface area (Å²) >= 11 is 0. The van der Waals surface area contributed by atoms with E-state index < -0.39 is 0 Å². The molecule has 0 bridgehead atoms. The van der Waals surface area contributed by atoms with Gasteiger partial charge in [-0.05, 0) is 45.0 Å². The molecule has 1 aromatic carbocycles. The van der Waals surface area contributed by atoms with E-state index in [1.807, 2.05) is 25.9 Å². The minimum Gasteiger partial charge on any atom is -0.463 e. The Morgan fingerprint density at radius 1 is 1.24 bits per heavy atom. The lowest BCUT2D eigenvalue weighted by Gasteiger charge is -2.20. The average molecular weight is 292 g/mol. The number of hydrogen-bond donors (Lipinski definition) is 1. The van der Waals surface area contributed by atoms with Crippen molar-refractivity contribution in [2.45, 2.75) is 39.7 Å². The minimum atomic E-state index is -0.342. The van der Waals surface area contributed by atoms with E-state index in [1.54, 1.807) is 0 Å². The van der Waals surface area contributed by atoms with E-state index in [4.69, 9.17) is 4.74 Å². The molecule has 0 saturated carbocycles. The van der Waals surface area contributed by atoms with Crippen LogP contribution in [0.15, 0.2) is 18.2 Å². The predicted octanol–water partition coefficient (Wildman–Crippen LogP) is 2.72. The largest absolute Gasteiger partial charge is 0.463 e. The number of nitrogens with zero attached hydrogens (tertiary/aromatic N) is 1. The zero-order valence-corrected chi connectivity index (χ0v) is 13.9. The second-order valence-corrected chi connectivity index (χ2v) is 5.50. The summed E-state index contributed by atoms with van der Waals surface area (Å²) in [6.07, 6.45) is 1.89. The van der Waals surface area contributed by atoms with Crippen molar-refractivity contribution in [2.75, 3.05) is 32.6 Å². The van der Waals surface area contributed by atoms with Gasteiger partial charge in [-0.3, -0.25) is 0 Å². The van der Waals surface area contributed by atoms with Gasteiger partial charge in [0.15, 0.2) is 0 Å². The van der Waals surface area contributed by atoms with Crippen molar-refractivity contribution in [3.8, 4) is 0 Å². The maximum Gasteiger partial charge on any atom is 0.328 e. The molecule has 0 aliphatic carbocycles. The fourth-order valence-corrected chi connectivity index (χ4v) is 2.16. The third-order valence-corrected chi connectivity index (χ3v) is 3.50. The molecule has 0 heterocycles. The lowest BCUT2D eigenvalue weighted by Crippen LogP contribution is -2.31. The summed E-state index contributed by atoms with van der Waals surface area (Å²) < 4.78 is 5.29. The van der Waals surface area contributed by atoms with E-state index in [9.17, 15) is 4.79 Å². The molecule has 0 aliphatic rings. The average Bonchev–Trinajstić information content (AvgIpc) is 2.46. The van der Waals surface area contributed by atoms with Crippen molar-refractivity contribution in [1.29, 1.82) is 0 Å². The van der Waals surface area contributed by atoms with Gasteiger partial charge in [0.1, 0.15) is 12.6 Å². The van der Waals surface area contributed by atoms with Gasteiger partial charge in [-0.2, -0.15) is 0 Å². The number of nitrogens with one attached hydrogen (secondary N) is 1. The molecule has 0 aromatic heterocycles. The third kappa shape index (κ3) is 5.38.